The third kappa shape index (κ3) is 3.57. The van der Waals surface area contributed by atoms with Crippen molar-refractivity contribution in [2.45, 2.75) is 0 Å². The van der Waals surface area contributed by atoms with E-state index in [1.807, 2.05) is 38.4 Å². The van der Waals surface area contributed by atoms with Gasteiger partial charge in [-0.15, -0.1) is 0 Å². The highest BCUT2D eigenvalue weighted by Crippen LogP contribution is 2.43. The fourth-order valence-electron chi connectivity index (χ4n) is 4.43. The Kier molecular flexibility index (Phi) is 5.24. The van der Waals surface area contributed by atoms with Gasteiger partial charge in [-0.25, -0.2) is 0 Å². The first-order valence-corrected chi connectivity index (χ1v) is 10.8. The van der Waals surface area contributed by atoms with Crippen molar-refractivity contribution in [2.75, 3.05) is 57.0 Å². The van der Waals surface area contributed by atoms with E-state index in [0.29, 0.717) is 28.2 Å². The van der Waals surface area contributed by atoms with Gasteiger partial charge in [0.2, 0.25) is 5.91 Å². The molecule has 0 unspecified atom stereocenters. The number of amides is 1. The Morgan fingerprint density at radius 2 is 1.84 bits per heavy atom. The lowest BCUT2D eigenvalue weighted by atomic mass is 10.0. The molecule has 2 aliphatic rings. The van der Waals surface area contributed by atoms with E-state index in [2.05, 4.69) is 37.9 Å². The summed E-state index contributed by atoms with van der Waals surface area (Å²) in [7, 11) is 3.66. The van der Waals surface area contributed by atoms with Crippen molar-refractivity contribution in [1.29, 1.82) is 0 Å². The second kappa shape index (κ2) is 8.22. The molecule has 1 aromatic heterocycles. The standard InChI is InChI=1S/C24H26N6O2/c1-29(2)14-19(31)26-18-5-3-4-17-20(18)24(32)21-22(27-28-23(17)21)15-6-8-16(9-7-15)30-12-10-25-11-13-30/h3-9,25H,10-14H2,1-2H3,(H,26,31)(H,27,28). The molecule has 32 heavy (non-hydrogen) atoms. The average molecular weight is 431 g/mol. The Balaban J connectivity index is 1.45. The van der Waals surface area contributed by atoms with Gasteiger partial charge in [0.15, 0.2) is 5.78 Å². The normalized spacial score (nSPS) is 15.1. The summed E-state index contributed by atoms with van der Waals surface area (Å²) in [6, 6.07) is 13.7. The third-order valence-corrected chi connectivity index (χ3v) is 5.91. The van der Waals surface area contributed by atoms with Crippen molar-refractivity contribution < 1.29 is 9.59 Å². The largest absolute Gasteiger partial charge is 0.369 e. The van der Waals surface area contributed by atoms with E-state index in [1.165, 1.54) is 5.69 Å². The summed E-state index contributed by atoms with van der Waals surface area (Å²) in [5, 5.41) is 13.8. The van der Waals surface area contributed by atoms with Crippen LogP contribution in [0.1, 0.15) is 15.9 Å². The van der Waals surface area contributed by atoms with Gasteiger partial charge < -0.3 is 20.4 Å². The molecule has 0 spiro atoms. The highest BCUT2D eigenvalue weighted by Gasteiger charge is 2.35. The maximum atomic E-state index is 13.4. The summed E-state index contributed by atoms with van der Waals surface area (Å²) < 4.78 is 0. The average Bonchev–Trinajstić information content (AvgIpc) is 3.34. The molecule has 1 aliphatic heterocycles. The summed E-state index contributed by atoms with van der Waals surface area (Å²) in [4.78, 5) is 29.9. The van der Waals surface area contributed by atoms with Gasteiger partial charge in [0.25, 0.3) is 0 Å². The first-order valence-electron chi connectivity index (χ1n) is 10.8. The molecular formula is C24H26N6O2. The Bertz CT molecular complexity index is 1180. The minimum atomic E-state index is -0.161. The fraction of sp³-hybridized carbons (Fsp3) is 0.292. The predicted octanol–water partition coefficient (Wildman–Crippen LogP) is 2.20. The molecule has 1 fully saturated rings. The Labute approximate surface area is 186 Å². The van der Waals surface area contributed by atoms with Crippen LogP contribution in [0, 0.1) is 0 Å². The molecule has 164 valence electrons. The number of hydrogen-bond acceptors (Lipinski definition) is 6. The zero-order chi connectivity index (χ0) is 22.2. The number of carbonyl (C=O) groups is 2. The smallest absolute Gasteiger partial charge is 0.238 e. The summed E-state index contributed by atoms with van der Waals surface area (Å²) in [5.74, 6) is -0.281. The molecule has 8 nitrogen and oxygen atoms in total. The molecule has 2 heterocycles. The van der Waals surface area contributed by atoms with Crippen molar-refractivity contribution in [3.8, 4) is 22.5 Å². The minimum absolute atomic E-state index is 0.120. The molecular weight excluding hydrogens is 404 g/mol. The number of fused-ring (bicyclic) bond motifs is 3. The van der Waals surface area contributed by atoms with Crippen LogP contribution in [-0.2, 0) is 4.79 Å². The summed E-state index contributed by atoms with van der Waals surface area (Å²) in [6.07, 6.45) is 0. The lowest BCUT2D eigenvalue weighted by molar-refractivity contribution is -0.116. The monoisotopic (exact) mass is 430 g/mol. The topological polar surface area (TPSA) is 93.4 Å². The molecule has 3 aromatic rings. The molecule has 1 amide bonds. The van der Waals surface area contributed by atoms with Gasteiger partial charge in [0.05, 0.1) is 29.1 Å². The Hall–Kier alpha value is -3.49. The van der Waals surface area contributed by atoms with Crippen molar-refractivity contribution in [1.82, 2.24) is 20.4 Å². The van der Waals surface area contributed by atoms with E-state index in [-0.39, 0.29) is 18.2 Å². The van der Waals surface area contributed by atoms with Gasteiger partial charge in [-0.3, -0.25) is 14.7 Å². The Morgan fingerprint density at radius 3 is 2.56 bits per heavy atom. The van der Waals surface area contributed by atoms with Crippen LogP contribution in [0.25, 0.3) is 22.5 Å². The van der Waals surface area contributed by atoms with Crippen molar-refractivity contribution in [2.24, 2.45) is 0 Å². The first kappa shape index (κ1) is 20.4. The molecule has 2 aromatic carbocycles. The van der Waals surface area contributed by atoms with Crippen molar-refractivity contribution in [3.63, 3.8) is 0 Å². The van der Waals surface area contributed by atoms with Gasteiger partial charge in [-0.1, -0.05) is 24.3 Å². The van der Waals surface area contributed by atoms with Crippen molar-refractivity contribution in [3.05, 3.63) is 53.6 Å². The molecule has 1 saturated heterocycles. The SMILES string of the molecule is CN(C)CC(=O)Nc1cccc2c1C(=O)c1c-2n[nH]c1-c1ccc(N2CCNCC2)cc1. The Morgan fingerprint density at radius 1 is 1.09 bits per heavy atom. The molecule has 3 N–H and O–H groups in total. The molecule has 0 saturated carbocycles. The van der Waals surface area contributed by atoms with Crippen LogP contribution in [-0.4, -0.2) is 73.6 Å². The number of piperazine rings is 1. The third-order valence-electron chi connectivity index (χ3n) is 5.91. The predicted molar refractivity (Wildman–Crippen MR) is 125 cm³/mol. The van der Waals surface area contributed by atoms with Gasteiger partial charge in [-0.2, -0.15) is 5.10 Å². The quantitative estimate of drug-likeness (QED) is 0.450. The molecule has 1 aliphatic carbocycles. The van der Waals surface area contributed by atoms with E-state index in [1.54, 1.807) is 11.0 Å². The number of likely N-dealkylation sites (N-methyl/N-ethyl adjacent to an activating group) is 1. The summed E-state index contributed by atoms with van der Waals surface area (Å²) in [6.45, 7) is 4.17. The molecule has 8 heteroatoms. The van der Waals surface area contributed by atoms with Gasteiger partial charge >= 0.3 is 0 Å². The number of carbonyl (C=O) groups excluding carboxylic acids is 2. The highest BCUT2D eigenvalue weighted by atomic mass is 16.2. The van der Waals surface area contributed by atoms with Gasteiger partial charge in [0, 0.05) is 43.0 Å². The number of aromatic amines is 1. The molecule has 0 atom stereocenters. The summed E-state index contributed by atoms with van der Waals surface area (Å²) in [5.41, 5.74) is 5.76. The van der Waals surface area contributed by atoms with Crippen LogP contribution < -0.4 is 15.5 Å². The van der Waals surface area contributed by atoms with Crippen LogP contribution in [0.4, 0.5) is 11.4 Å². The van der Waals surface area contributed by atoms with Crippen LogP contribution >= 0.6 is 0 Å². The maximum absolute atomic E-state index is 13.4. The van der Waals surface area contributed by atoms with Gasteiger partial charge in [-0.05, 0) is 32.3 Å². The fourth-order valence-corrected chi connectivity index (χ4v) is 4.43. The number of anilines is 2. The number of benzene rings is 2. The maximum Gasteiger partial charge on any atom is 0.238 e. The zero-order valence-electron chi connectivity index (χ0n) is 18.2. The van der Waals surface area contributed by atoms with E-state index >= 15 is 0 Å². The number of rotatable bonds is 5. The van der Waals surface area contributed by atoms with Crippen LogP contribution in [0.5, 0.6) is 0 Å². The molecule has 5 rings (SSSR count). The number of hydrogen-bond donors (Lipinski definition) is 3. The van der Waals surface area contributed by atoms with Crippen LogP contribution in [0.3, 0.4) is 0 Å². The number of aromatic nitrogens is 2. The van der Waals surface area contributed by atoms with Crippen LogP contribution in [0.2, 0.25) is 0 Å². The number of H-pyrrole nitrogens is 1. The first-order chi connectivity index (χ1) is 15.5. The van der Waals surface area contributed by atoms with E-state index < -0.39 is 0 Å². The lowest BCUT2D eigenvalue weighted by Gasteiger charge is -2.29. The molecule has 0 bridgehead atoms. The number of ketones is 1. The lowest BCUT2D eigenvalue weighted by Crippen LogP contribution is -2.43. The second-order valence-corrected chi connectivity index (χ2v) is 8.45. The second-order valence-electron chi connectivity index (χ2n) is 8.45. The van der Waals surface area contributed by atoms with E-state index in [9.17, 15) is 9.59 Å². The molecule has 0 radical (unpaired) electrons. The minimum Gasteiger partial charge on any atom is -0.369 e. The highest BCUT2D eigenvalue weighted by molar-refractivity contribution is 6.27. The van der Waals surface area contributed by atoms with Crippen LogP contribution in [0.15, 0.2) is 42.5 Å². The zero-order valence-corrected chi connectivity index (χ0v) is 18.2. The number of nitrogens with zero attached hydrogens (tertiary/aromatic N) is 3. The van der Waals surface area contributed by atoms with Gasteiger partial charge in [0.1, 0.15) is 5.69 Å². The number of nitrogens with one attached hydrogen (secondary N) is 3. The van der Waals surface area contributed by atoms with E-state index in [4.69, 9.17) is 0 Å². The van der Waals surface area contributed by atoms with Crippen molar-refractivity contribution >= 4 is 23.1 Å². The summed E-state index contributed by atoms with van der Waals surface area (Å²) >= 11 is 0. The van der Waals surface area contributed by atoms with E-state index in [0.717, 1.165) is 37.3 Å².